The number of nitrogens with one attached hydrogen (secondary N) is 1. The van der Waals surface area contributed by atoms with Crippen LogP contribution in [-0.2, 0) is 14.3 Å². The van der Waals surface area contributed by atoms with Crippen LogP contribution in [0.15, 0.2) is 52.7 Å². The molecule has 3 N–H and O–H groups in total. The molecule has 2 amide bonds. The summed E-state index contributed by atoms with van der Waals surface area (Å²) in [6, 6.07) is 8.93. The van der Waals surface area contributed by atoms with E-state index in [2.05, 4.69) is 10.3 Å². The van der Waals surface area contributed by atoms with Gasteiger partial charge < -0.3 is 15.8 Å². The number of hydrogen-bond donors (Lipinski definition) is 2. The van der Waals surface area contributed by atoms with Crippen LogP contribution in [0.2, 0.25) is 0 Å². The van der Waals surface area contributed by atoms with Crippen molar-refractivity contribution in [3.05, 3.63) is 64.0 Å². The Morgan fingerprint density at radius 1 is 1.16 bits per heavy atom. The van der Waals surface area contributed by atoms with Crippen LogP contribution in [0, 0.1) is 6.92 Å². The zero-order valence-electron chi connectivity index (χ0n) is 17.7. The molecule has 0 aliphatic heterocycles. The molecule has 0 saturated carbocycles. The molecule has 160 valence electrons. The fourth-order valence-electron chi connectivity index (χ4n) is 4.36. The molecule has 1 heterocycles. The Bertz CT molecular complexity index is 1160. The molecule has 31 heavy (non-hydrogen) atoms. The molecular weight excluding hydrogens is 394 g/mol. The third-order valence-corrected chi connectivity index (χ3v) is 5.81. The molecule has 0 spiro atoms. The SMILES string of the molecule is Cc1cc(C(=O)O[C@@H](C)C(=O)NC2=C(C(N)=O)C3=C(CCCC3)C2)c2ccccc2n1. The van der Waals surface area contributed by atoms with E-state index in [0.29, 0.717) is 39.9 Å². The predicted octanol–water partition coefficient (Wildman–Crippen LogP) is 3.22. The average molecular weight is 419 g/mol. The van der Waals surface area contributed by atoms with Gasteiger partial charge in [0.05, 0.1) is 16.7 Å². The van der Waals surface area contributed by atoms with Gasteiger partial charge in [0, 0.05) is 23.2 Å². The van der Waals surface area contributed by atoms with Gasteiger partial charge in [-0.2, -0.15) is 0 Å². The topological polar surface area (TPSA) is 111 Å². The van der Waals surface area contributed by atoms with Gasteiger partial charge in [0.2, 0.25) is 0 Å². The van der Waals surface area contributed by atoms with Crippen molar-refractivity contribution in [3.8, 4) is 0 Å². The van der Waals surface area contributed by atoms with Crippen molar-refractivity contribution in [2.75, 3.05) is 0 Å². The Morgan fingerprint density at radius 3 is 2.68 bits per heavy atom. The Balaban J connectivity index is 1.50. The fraction of sp³-hybridized carbons (Fsp3) is 0.333. The first kappa shape index (κ1) is 20.8. The number of para-hydroxylation sites is 1. The molecule has 0 bridgehead atoms. The Morgan fingerprint density at radius 2 is 1.90 bits per heavy atom. The number of aryl methyl sites for hydroxylation is 1. The van der Waals surface area contributed by atoms with Crippen LogP contribution in [0.4, 0.5) is 0 Å². The maximum atomic E-state index is 12.8. The van der Waals surface area contributed by atoms with Gasteiger partial charge in [-0.3, -0.25) is 14.6 Å². The van der Waals surface area contributed by atoms with Crippen LogP contribution in [0.5, 0.6) is 0 Å². The van der Waals surface area contributed by atoms with Crippen LogP contribution < -0.4 is 11.1 Å². The first-order valence-corrected chi connectivity index (χ1v) is 10.5. The van der Waals surface area contributed by atoms with E-state index in [4.69, 9.17) is 10.5 Å². The number of hydrogen-bond acceptors (Lipinski definition) is 5. The summed E-state index contributed by atoms with van der Waals surface area (Å²) >= 11 is 0. The molecule has 1 aromatic heterocycles. The molecule has 0 fully saturated rings. The lowest BCUT2D eigenvalue weighted by Gasteiger charge is -2.16. The van der Waals surface area contributed by atoms with E-state index in [1.165, 1.54) is 12.5 Å². The molecule has 2 aromatic rings. The maximum absolute atomic E-state index is 12.8. The average Bonchev–Trinajstić information content (AvgIpc) is 3.10. The van der Waals surface area contributed by atoms with Crippen molar-refractivity contribution in [2.24, 2.45) is 5.73 Å². The van der Waals surface area contributed by atoms with Gasteiger partial charge >= 0.3 is 5.97 Å². The second-order valence-electron chi connectivity index (χ2n) is 8.05. The van der Waals surface area contributed by atoms with Crippen molar-refractivity contribution >= 4 is 28.7 Å². The van der Waals surface area contributed by atoms with Crippen LogP contribution in [0.1, 0.15) is 55.1 Å². The molecule has 0 unspecified atom stereocenters. The molecule has 7 heteroatoms. The highest BCUT2D eigenvalue weighted by Crippen LogP contribution is 2.40. The Kier molecular flexibility index (Phi) is 5.59. The Hall–Kier alpha value is -3.48. The van der Waals surface area contributed by atoms with E-state index in [0.717, 1.165) is 31.3 Å². The number of ether oxygens (including phenoxy) is 1. The zero-order valence-corrected chi connectivity index (χ0v) is 17.7. The molecule has 2 aliphatic rings. The van der Waals surface area contributed by atoms with Gasteiger partial charge in [0.25, 0.3) is 11.8 Å². The number of pyridine rings is 1. The number of rotatable bonds is 5. The molecule has 2 aliphatic carbocycles. The normalized spacial score (nSPS) is 16.8. The van der Waals surface area contributed by atoms with Crippen molar-refractivity contribution in [1.29, 1.82) is 0 Å². The minimum absolute atomic E-state index is 0.359. The van der Waals surface area contributed by atoms with E-state index in [9.17, 15) is 14.4 Å². The van der Waals surface area contributed by atoms with E-state index < -0.39 is 23.9 Å². The monoisotopic (exact) mass is 419 g/mol. The highest BCUT2D eigenvalue weighted by Gasteiger charge is 2.31. The number of primary amides is 1. The van der Waals surface area contributed by atoms with Crippen molar-refractivity contribution in [2.45, 2.75) is 52.1 Å². The number of carbonyl (C=O) groups excluding carboxylic acids is 3. The van der Waals surface area contributed by atoms with E-state index in [1.54, 1.807) is 19.1 Å². The van der Waals surface area contributed by atoms with Gasteiger partial charge in [0.15, 0.2) is 6.10 Å². The largest absolute Gasteiger partial charge is 0.449 e. The van der Waals surface area contributed by atoms with E-state index >= 15 is 0 Å². The number of benzene rings is 1. The van der Waals surface area contributed by atoms with Crippen LogP contribution in [0.25, 0.3) is 10.9 Å². The molecule has 0 radical (unpaired) electrons. The lowest BCUT2D eigenvalue weighted by atomic mass is 9.91. The van der Waals surface area contributed by atoms with Gasteiger partial charge in [-0.05, 0) is 57.2 Å². The Labute approximate surface area is 180 Å². The molecule has 1 aromatic carbocycles. The number of nitrogens with zero attached hydrogens (tertiary/aromatic N) is 1. The summed E-state index contributed by atoms with van der Waals surface area (Å²) in [6.07, 6.45) is 3.24. The second-order valence-corrected chi connectivity index (χ2v) is 8.05. The first-order chi connectivity index (χ1) is 14.8. The molecular formula is C24H25N3O4. The number of nitrogens with two attached hydrogens (primary N) is 1. The number of esters is 1. The summed E-state index contributed by atoms with van der Waals surface area (Å²) in [7, 11) is 0. The van der Waals surface area contributed by atoms with E-state index in [1.807, 2.05) is 18.2 Å². The lowest BCUT2D eigenvalue weighted by Crippen LogP contribution is -2.36. The smallest absolute Gasteiger partial charge is 0.339 e. The predicted molar refractivity (Wildman–Crippen MR) is 116 cm³/mol. The minimum Gasteiger partial charge on any atom is -0.449 e. The second kappa shape index (κ2) is 8.34. The first-order valence-electron chi connectivity index (χ1n) is 10.5. The highest BCUT2D eigenvalue weighted by atomic mass is 16.5. The number of amides is 2. The van der Waals surface area contributed by atoms with Gasteiger partial charge in [-0.25, -0.2) is 4.79 Å². The summed E-state index contributed by atoms with van der Waals surface area (Å²) in [6.45, 7) is 3.31. The van der Waals surface area contributed by atoms with Crippen molar-refractivity contribution in [3.63, 3.8) is 0 Å². The lowest BCUT2D eigenvalue weighted by molar-refractivity contribution is -0.128. The zero-order chi connectivity index (χ0) is 22.1. The third kappa shape index (κ3) is 4.08. The summed E-state index contributed by atoms with van der Waals surface area (Å²) in [4.78, 5) is 42.0. The number of fused-ring (bicyclic) bond motifs is 1. The summed E-state index contributed by atoms with van der Waals surface area (Å²) in [5, 5.41) is 3.44. The quantitative estimate of drug-likeness (QED) is 0.723. The summed E-state index contributed by atoms with van der Waals surface area (Å²) in [5.74, 6) is -1.63. The maximum Gasteiger partial charge on any atom is 0.339 e. The molecule has 7 nitrogen and oxygen atoms in total. The number of aromatic nitrogens is 1. The standard InChI is InChI=1S/C24H25N3O4/c1-13-11-18(17-9-5-6-10-19(17)26-13)24(30)31-14(2)23(29)27-20-12-15-7-3-4-8-16(15)21(20)22(25)28/h5-6,9-11,14H,3-4,7-8,12H2,1-2H3,(H2,25,28)(H,27,29)/t14-/m0/s1. The highest BCUT2D eigenvalue weighted by molar-refractivity contribution is 6.04. The fourth-order valence-corrected chi connectivity index (χ4v) is 4.36. The number of allylic oxidation sites excluding steroid dienone is 1. The molecule has 1 atom stereocenters. The van der Waals surface area contributed by atoms with Gasteiger partial charge in [-0.1, -0.05) is 23.8 Å². The summed E-state index contributed by atoms with van der Waals surface area (Å²) < 4.78 is 5.45. The van der Waals surface area contributed by atoms with Crippen LogP contribution >= 0.6 is 0 Å². The van der Waals surface area contributed by atoms with Crippen LogP contribution in [0.3, 0.4) is 0 Å². The third-order valence-electron chi connectivity index (χ3n) is 5.81. The van der Waals surface area contributed by atoms with E-state index in [-0.39, 0.29) is 0 Å². The van der Waals surface area contributed by atoms with Gasteiger partial charge in [0.1, 0.15) is 0 Å². The van der Waals surface area contributed by atoms with Crippen molar-refractivity contribution in [1.82, 2.24) is 10.3 Å². The van der Waals surface area contributed by atoms with Gasteiger partial charge in [-0.15, -0.1) is 0 Å². The van der Waals surface area contributed by atoms with Crippen LogP contribution in [-0.4, -0.2) is 28.9 Å². The molecule has 4 rings (SSSR count). The summed E-state index contributed by atoms with van der Waals surface area (Å²) in [5.41, 5.74) is 10.4. The van der Waals surface area contributed by atoms with Crippen molar-refractivity contribution < 1.29 is 19.1 Å². The minimum atomic E-state index is -1.04. The number of carbonyl (C=O) groups is 3. The molecule has 0 saturated heterocycles.